The maximum atomic E-state index is 13.5. The molecule has 15 heteroatoms. The summed E-state index contributed by atoms with van der Waals surface area (Å²) in [4.78, 5) is 48.3. The van der Waals surface area contributed by atoms with Gasteiger partial charge in [0.15, 0.2) is 0 Å². The molecule has 4 amide bonds. The van der Waals surface area contributed by atoms with Gasteiger partial charge in [0.1, 0.15) is 11.5 Å². The van der Waals surface area contributed by atoms with Gasteiger partial charge in [0.05, 0.1) is 24.2 Å². The topological polar surface area (TPSA) is 179 Å². The first kappa shape index (κ1) is 33.6. The summed E-state index contributed by atoms with van der Waals surface area (Å²) < 4.78 is 33.6. The van der Waals surface area contributed by atoms with Crippen molar-refractivity contribution in [2.24, 2.45) is 5.10 Å². The van der Waals surface area contributed by atoms with Gasteiger partial charge in [-0.1, -0.05) is 48.0 Å². The number of furan rings is 1. The number of rotatable bonds is 12. The van der Waals surface area contributed by atoms with E-state index in [0.29, 0.717) is 27.7 Å². The molecule has 0 aliphatic carbocycles. The highest BCUT2D eigenvalue weighted by Crippen LogP contribution is 2.21. The second-order valence-corrected chi connectivity index (χ2v) is 12.1. The van der Waals surface area contributed by atoms with Gasteiger partial charge in [0, 0.05) is 29.9 Å². The zero-order valence-electron chi connectivity index (χ0n) is 24.4. The van der Waals surface area contributed by atoms with Gasteiger partial charge in [-0.2, -0.15) is 9.41 Å². The number of hydrazone groups is 1. The van der Waals surface area contributed by atoms with Gasteiger partial charge < -0.3 is 20.4 Å². The SMILES string of the molecule is CC(=O)Nc1ccc(S(=O)(=O)N(CC(=O)N/N=C\c2ccc(CNC(=O)C(=O)Nc3cccc(Cl)c3)o2)Cc2ccccc2)cc1. The number of carbonyl (C=O) groups is 4. The molecule has 0 fully saturated rings. The quantitative estimate of drug-likeness (QED) is 0.102. The molecule has 0 atom stereocenters. The molecule has 1 heterocycles. The van der Waals surface area contributed by atoms with E-state index in [1.54, 1.807) is 54.6 Å². The fourth-order valence-corrected chi connectivity index (χ4v) is 5.57. The van der Waals surface area contributed by atoms with Gasteiger partial charge in [0.25, 0.3) is 5.91 Å². The molecule has 3 aromatic carbocycles. The van der Waals surface area contributed by atoms with Crippen LogP contribution in [0.1, 0.15) is 24.0 Å². The lowest BCUT2D eigenvalue weighted by Gasteiger charge is -2.21. The Labute approximate surface area is 269 Å². The van der Waals surface area contributed by atoms with E-state index in [-0.39, 0.29) is 29.7 Å². The molecule has 4 N–H and O–H groups in total. The number of amides is 4. The zero-order valence-corrected chi connectivity index (χ0v) is 26.0. The average molecular weight is 665 g/mol. The Balaban J connectivity index is 1.34. The third-order valence-electron chi connectivity index (χ3n) is 6.11. The van der Waals surface area contributed by atoms with Crippen molar-refractivity contribution in [1.82, 2.24) is 15.0 Å². The summed E-state index contributed by atoms with van der Waals surface area (Å²) in [6.07, 6.45) is 1.20. The van der Waals surface area contributed by atoms with Crippen molar-refractivity contribution in [3.05, 3.63) is 113 Å². The van der Waals surface area contributed by atoms with Crippen molar-refractivity contribution in [2.75, 3.05) is 17.2 Å². The van der Waals surface area contributed by atoms with Gasteiger partial charge in [-0.3, -0.25) is 19.2 Å². The van der Waals surface area contributed by atoms with Crippen LogP contribution >= 0.6 is 11.6 Å². The predicted molar refractivity (Wildman–Crippen MR) is 171 cm³/mol. The van der Waals surface area contributed by atoms with Crippen molar-refractivity contribution in [3.63, 3.8) is 0 Å². The van der Waals surface area contributed by atoms with Crippen molar-refractivity contribution in [3.8, 4) is 0 Å². The highest BCUT2D eigenvalue weighted by atomic mass is 35.5. The molecule has 46 heavy (non-hydrogen) atoms. The molecule has 0 saturated carbocycles. The van der Waals surface area contributed by atoms with E-state index in [2.05, 4.69) is 26.5 Å². The number of hydrogen-bond donors (Lipinski definition) is 4. The summed E-state index contributed by atoms with van der Waals surface area (Å²) in [5.41, 5.74) is 3.74. The Hall–Kier alpha value is -5.31. The van der Waals surface area contributed by atoms with E-state index in [1.165, 1.54) is 49.5 Å². The number of benzene rings is 3. The standard InChI is InChI=1S/C31H29ClN6O7S/c1-21(39)35-24-10-14-28(15-11-24)46(43,44)38(19-22-6-3-2-4-7-22)20-29(40)37-34-18-27-13-12-26(45-27)17-33-30(41)31(42)36-25-9-5-8-23(32)16-25/h2-16,18H,17,19-20H2,1H3,(H,33,41)(H,35,39)(H,36,42)(H,37,40)/b34-18-. The van der Waals surface area contributed by atoms with E-state index >= 15 is 0 Å². The fraction of sp³-hybridized carbons (Fsp3) is 0.129. The molecular formula is C31H29ClN6O7S. The molecule has 0 aliphatic heterocycles. The molecule has 0 radical (unpaired) electrons. The van der Waals surface area contributed by atoms with E-state index in [9.17, 15) is 27.6 Å². The van der Waals surface area contributed by atoms with Crippen LogP contribution in [0.15, 0.2) is 105 Å². The number of anilines is 2. The Bertz CT molecular complexity index is 1840. The molecule has 0 aliphatic rings. The number of nitrogens with one attached hydrogen (secondary N) is 4. The third-order valence-corrected chi connectivity index (χ3v) is 8.15. The van der Waals surface area contributed by atoms with Crippen LogP contribution in [0, 0.1) is 0 Å². The highest BCUT2D eigenvalue weighted by Gasteiger charge is 2.27. The van der Waals surface area contributed by atoms with Gasteiger partial charge in [-0.05, 0) is 60.2 Å². The summed E-state index contributed by atoms with van der Waals surface area (Å²) in [6, 6.07) is 23.8. The van der Waals surface area contributed by atoms with Crippen LogP contribution in [-0.2, 0) is 42.3 Å². The van der Waals surface area contributed by atoms with E-state index in [0.717, 1.165) is 4.31 Å². The normalized spacial score (nSPS) is 11.3. The molecular weight excluding hydrogens is 636 g/mol. The third kappa shape index (κ3) is 9.85. The lowest BCUT2D eigenvalue weighted by molar-refractivity contribution is -0.136. The largest absolute Gasteiger partial charge is 0.458 e. The van der Waals surface area contributed by atoms with Crippen molar-refractivity contribution in [2.45, 2.75) is 24.9 Å². The van der Waals surface area contributed by atoms with Crippen LogP contribution in [-0.4, -0.2) is 49.1 Å². The number of sulfonamides is 1. The van der Waals surface area contributed by atoms with E-state index in [4.69, 9.17) is 16.0 Å². The number of carbonyl (C=O) groups excluding carboxylic acids is 4. The minimum Gasteiger partial charge on any atom is -0.458 e. The molecule has 0 bridgehead atoms. The van der Waals surface area contributed by atoms with Crippen LogP contribution in [0.4, 0.5) is 11.4 Å². The first-order valence-corrected chi connectivity index (χ1v) is 15.5. The summed E-state index contributed by atoms with van der Waals surface area (Å²) >= 11 is 5.88. The Morgan fingerprint density at radius 1 is 0.870 bits per heavy atom. The maximum absolute atomic E-state index is 13.5. The first-order valence-electron chi connectivity index (χ1n) is 13.7. The van der Waals surface area contributed by atoms with Gasteiger partial charge in [0.2, 0.25) is 15.9 Å². The first-order chi connectivity index (χ1) is 22.0. The second kappa shape index (κ2) is 15.6. The van der Waals surface area contributed by atoms with Crippen molar-refractivity contribution >= 4 is 62.8 Å². The Morgan fingerprint density at radius 3 is 2.30 bits per heavy atom. The second-order valence-electron chi connectivity index (χ2n) is 9.71. The average Bonchev–Trinajstić information content (AvgIpc) is 3.47. The number of halogens is 1. The number of nitrogens with zero attached hydrogens (tertiary/aromatic N) is 2. The molecule has 13 nitrogen and oxygen atoms in total. The molecule has 1 aromatic heterocycles. The van der Waals surface area contributed by atoms with Crippen LogP contribution in [0.2, 0.25) is 5.02 Å². The van der Waals surface area contributed by atoms with Crippen LogP contribution in [0.25, 0.3) is 0 Å². The van der Waals surface area contributed by atoms with Gasteiger partial charge in [-0.15, -0.1) is 0 Å². The Kier molecular flexibility index (Phi) is 11.4. The summed E-state index contributed by atoms with van der Waals surface area (Å²) in [5, 5.41) is 11.7. The lowest BCUT2D eigenvalue weighted by Crippen LogP contribution is -2.39. The highest BCUT2D eigenvalue weighted by molar-refractivity contribution is 7.89. The fourth-order valence-electron chi connectivity index (χ4n) is 4.00. The number of hydrogen-bond acceptors (Lipinski definition) is 8. The molecule has 0 spiro atoms. The zero-order chi connectivity index (χ0) is 33.1. The minimum absolute atomic E-state index is 0.0639. The minimum atomic E-state index is -4.13. The van der Waals surface area contributed by atoms with Crippen LogP contribution < -0.4 is 21.4 Å². The monoisotopic (exact) mass is 664 g/mol. The van der Waals surface area contributed by atoms with Crippen LogP contribution in [0.3, 0.4) is 0 Å². The lowest BCUT2D eigenvalue weighted by atomic mass is 10.2. The predicted octanol–water partition coefficient (Wildman–Crippen LogP) is 3.49. The Morgan fingerprint density at radius 2 is 1.61 bits per heavy atom. The van der Waals surface area contributed by atoms with E-state index < -0.39 is 34.3 Å². The molecule has 4 rings (SSSR count). The van der Waals surface area contributed by atoms with E-state index in [1.807, 2.05) is 0 Å². The van der Waals surface area contributed by atoms with Crippen LogP contribution in [0.5, 0.6) is 0 Å². The van der Waals surface area contributed by atoms with Crippen molar-refractivity contribution in [1.29, 1.82) is 0 Å². The van der Waals surface area contributed by atoms with Gasteiger partial charge in [-0.25, -0.2) is 13.8 Å². The molecule has 4 aromatic rings. The maximum Gasteiger partial charge on any atom is 0.313 e. The summed E-state index contributed by atoms with van der Waals surface area (Å²) in [6.45, 7) is 0.609. The molecule has 238 valence electrons. The van der Waals surface area contributed by atoms with Gasteiger partial charge >= 0.3 is 11.8 Å². The molecule has 0 unspecified atom stereocenters. The summed E-state index contributed by atoms with van der Waals surface area (Å²) in [5.74, 6) is -2.26. The molecule has 0 saturated heterocycles. The summed E-state index contributed by atoms with van der Waals surface area (Å²) in [7, 11) is -4.13. The smallest absolute Gasteiger partial charge is 0.313 e. The van der Waals surface area contributed by atoms with Crippen molar-refractivity contribution < 1.29 is 32.0 Å².